The highest BCUT2D eigenvalue weighted by Gasteiger charge is 2.14. The molecule has 0 aliphatic heterocycles. The van der Waals surface area contributed by atoms with E-state index in [9.17, 15) is 14.0 Å². The summed E-state index contributed by atoms with van der Waals surface area (Å²) in [5.74, 6) is -2.29. The van der Waals surface area contributed by atoms with Gasteiger partial charge in [-0.25, -0.2) is 4.39 Å². The number of halogens is 1. The molecule has 1 amide bonds. The molecule has 4 N–H and O–H groups in total. The van der Waals surface area contributed by atoms with Crippen LogP contribution in [0.5, 0.6) is 0 Å². The number of benzene rings is 1. The molecular formula is C12H15FN2O3. The lowest BCUT2D eigenvalue weighted by molar-refractivity contribution is -0.137. The Kier molecular flexibility index (Phi) is 4.65. The zero-order valence-electron chi connectivity index (χ0n) is 9.94. The first kappa shape index (κ1) is 14.0. The number of carbonyl (C=O) groups is 2. The summed E-state index contributed by atoms with van der Waals surface area (Å²) in [6.45, 7) is 1.80. The van der Waals surface area contributed by atoms with Crippen molar-refractivity contribution in [3.8, 4) is 0 Å². The third-order valence-electron chi connectivity index (χ3n) is 2.53. The second-order valence-electron chi connectivity index (χ2n) is 3.91. The van der Waals surface area contributed by atoms with Crippen molar-refractivity contribution in [2.75, 3.05) is 5.32 Å². The minimum absolute atomic E-state index is 0.0735. The second-order valence-corrected chi connectivity index (χ2v) is 3.91. The molecule has 18 heavy (non-hydrogen) atoms. The molecule has 0 radical (unpaired) electrons. The molecule has 0 saturated carbocycles. The van der Waals surface area contributed by atoms with E-state index in [4.69, 9.17) is 10.8 Å². The summed E-state index contributed by atoms with van der Waals surface area (Å²) < 4.78 is 13.6. The van der Waals surface area contributed by atoms with E-state index in [1.807, 2.05) is 0 Å². The predicted molar refractivity (Wildman–Crippen MR) is 64.9 cm³/mol. The molecular weight excluding hydrogens is 239 g/mol. The molecule has 0 spiro atoms. The molecule has 0 bridgehead atoms. The third kappa shape index (κ3) is 3.73. The molecule has 1 rings (SSSR count). The number of carbonyl (C=O) groups excluding carboxylic acids is 1. The summed E-state index contributed by atoms with van der Waals surface area (Å²) in [4.78, 5) is 21.4. The van der Waals surface area contributed by atoms with Gasteiger partial charge in [-0.3, -0.25) is 9.59 Å². The van der Waals surface area contributed by atoms with Gasteiger partial charge in [0.25, 0.3) is 0 Å². The summed E-state index contributed by atoms with van der Waals surface area (Å²) in [6, 6.07) is 3.43. The smallest absolute Gasteiger partial charge is 0.305 e. The Hall–Kier alpha value is -2.11. The van der Waals surface area contributed by atoms with Crippen molar-refractivity contribution >= 4 is 17.6 Å². The van der Waals surface area contributed by atoms with E-state index in [0.717, 1.165) is 6.07 Å². The summed E-state index contributed by atoms with van der Waals surface area (Å²) in [6.07, 6.45) is 0.441. The normalized spacial score (nSPS) is 11.9. The van der Waals surface area contributed by atoms with Crippen molar-refractivity contribution in [3.63, 3.8) is 0 Å². The van der Waals surface area contributed by atoms with Gasteiger partial charge in [-0.1, -0.05) is 6.92 Å². The second kappa shape index (κ2) is 6.00. The fourth-order valence-electron chi connectivity index (χ4n) is 1.51. The van der Waals surface area contributed by atoms with Gasteiger partial charge in [-0.05, 0) is 24.6 Å². The number of carboxylic acids is 1. The van der Waals surface area contributed by atoms with E-state index in [0.29, 0.717) is 6.42 Å². The van der Waals surface area contributed by atoms with Crippen LogP contribution >= 0.6 is 0 Å². The van der Waals surface area contributed by atoms with Crippen molar-refractivity contribution < 1.29 is 19.1 Å². The minimum atomic E-state index is -0.955. The van der Waals surface area contributed by atoms with Gasteiger partial charge < -0.3 is 16.2 Å². The first-order chi connectivity index (χ1) is 8.43. The van der Waals surface area contributed by atoms with E-state index in [2.05, 4.69) is 5.32 Å². The summed E-state index contributed by atoms with van der Waals surface area (Å²) >= 11 is 0. The minimum Gasteiger partial charge on any atom is -0.481 e. The number of rotatable bonds is 6. The van der Waals surface area contributed by atoms with Crippen LogP contribution in [0.25, 0.3) is 0 Å². The van der Waals surface area contributed by atoms with Crippen LogP contribution in [-0.4, -0.2) is 23.0 Å². The molecule has 0 saturated heterocycles. The van der Waals surface area contributed by atoms with E-state index in [-0.39, 0.29) is 23.7 Å². The maximum Gasteiger partial charge on any atom is 0.305 e. The first-order valence-electron chi connectivity index (χ1n) is 5.51. The van der Waals surface area contributed by atoms with Crippen LogP contribution in [0.15, 0.2) is 18.2 Å². The van der Waals surface area contributed by atoms with Gasteiger partial charge in [0, 0.05) is 11.6 Å². The lowest BCUT2D eigenvalue weighted by atomic mass is 10.1. The molecule has 98 valence electrons. The number of amides is 1. The molecule has 0 fully saturated rings. The van der Waals surface area contributed by atoms with Crippen molar-refractivity contribution in [2.45, 2.75) is 25.8 Å². The number of aliphatic carboxylic acids is 1. The van der Waals surface area contributed by atoms with Gasteiger partial charge in [0.2, 0.25) is 5.91 Å². The van der Waals surface area contributed by atoms with Crippen LogP contribution in [0.2, 0.25) is 0 Å². The van der Waals surface area contributed by atoms with Gasteiger partial charge in [-0.2, -0.15) is 0 Å². The molecule has 1 aromatic rings. The zero-order chi connectivity index (χ0) is 13.7. The quantitative estimate of drug-likeness (QED) is 0.718. The highest BCUT2D eigenvalue weighted by atomic mass is 19.1. The van der Waals surface area contributed by atoms with Crippen molar-refractivity contribution in [3.05, 3.63) is 29.6 Å². The highest BCUT2D eigenvalue weighted by Crippen LogP contribution is 2.18. The highest BCUT2D eigenvalue weighted by molar-refractivity contribution is 5.93. The molecule has 0 aromatic heterocycles. The van der Waals surface area contributed by atoms with Crippen molar-refractivity contribution in [1.29, 1.82) is 0 Å². The molecule has 0 heterocycles. The largest absolute Gasteiger partial charge is 0.481 e. The maximum atomic E-state index is 13.6. The molecule has 1 aromatic carbocycles. The molecule has 1 unspecified atom stereocenters. The Bertz CT molecular complexity index is 463. The Morgan fingerprint density at radius 3 is 2.61 bits per heavy atom. The van der Waals surface area contributed by atoms with Gasteiger partial charge >= 0.3 is 5.97 Å². The lowest BCUT2D eigenvalue weighted by Gasteiger charge is -2.16. The summed E-state index contributed by atoms with van der Waals surface area (Å²) in [5, 5.41) is 11.5. The van der Waals surface area contributed by atoms with Crippen LogP contribution < -0.4 is 11.1 Å². The van der Waals surface area contributed by atoms with Gasteiger partial charge in [0.05, 0.1) is 12.1 Å². The van der Waals surface area contributed by atoms with Crippen LogP contribution in [-0.2, 0) is 4.79 Å². The van der Waals surface area contributed by atoms with E-state index in [1.54, 1.807) is 6.92 Å². The van der Waals surface area contributed by atoms with Crippen molar-refractivity contribution in [2.24, 2.45) is 5.73 Å². The molecule has 6 heteroatoms. The van der Waals surface area contributed by atoms with Crippen LogP contribution in [0.4, 0.5) is 10.1 Å². The van der Waals surface area contributed by atoms with Crippen LogP contribution in [0.1, 0.15) is 30.1 Å². The summed E-state index contributed by atoms with van der Waals surface area (Å²) in [7, 11) is 0. The number of carboxylic acid groups (broad SMARTS) is 1. The average molecular weight is 254 g/mol. The molecule has 0 aliphatic carbocycles. The Labute approximate surface area is 104 Å². The Morgan fingerprint density at radius 1 is 1.50 bits per heavy atom. The first-order valence-corrected chi connectivity index (χ1v) is 5.51. The predicted octanol–water partition coefficient (Wildman–Crippen LogP) is 1.59. The molecule has 1 atom stereocenters. The average Bonchev–Trinajstić information content (AvgIpc) is 2.29. The van der Waals surface area contributed by atoms with Crippen molar-refractivity contribution in [1.82, 2.24) is 0 Å². The summed E-state index contributed by atoms with van der Waals surface area (Å²) in [5.41, 5.74) is 5.26. The topological polar surface area (TPSA) is 92.4 Å². The van der Waals surface area contributed by atoms with Gasteiger partial charge in [0.15, 0.2) is 0 Å². The number of anilines is 1. The Morgan fingerprint density at radius 2 is 2.17 bits per heavy atom. The third-order valence-corrected chi connectivity index (χ3v) is 2.53. The fraction of sp³-hybridized carbons (Fsp3) is 0.333. The number of primary amides is 1. The Balaban J connectivity index is 2.83. The van der Waals surface area contributed by atoms with Crippen LogP contribution in [0, 0.1) is 5.82 Å². The SMILES string of the molecule is CCC(CC(=O)O)Nc1ccc(C(N)=O)cc1F. The maximum absolute atomic E-state index is 13.6. The zero-order valence-corrected chi connectivity index (χ0v) is 9.94. The standard InChI is InChI=1S/C12H15FN2O3/c1-2-8(6-11(16)17)15-10-4-3-7(12(14)18)5-9(10)13/h3-5,8,15H,2,6H2,1H3,(H2,14,18)(H,16,17). The fourth-order valence-corrected chi connectivity index (χ4v) is 1.51. The molecule has 0 aliphatic rings. The monoisotopic (exact) mass is 254 g/mol. The van der Waals surface area contributed by atoms with Gasteiger partial charge in [0.1, 0.15) is 5.82 Å². The van der Waals surface area contributed by atoms with Gasteiger partial charge in [-0.15, -0.1) is 0 Å². The lowest BCUT2D eigenvalue weighted by Crippen LogP contribution is -2.23. The van der Waals surface area contributed by atoms with E-state index >= 15 is 0 Å². The number of hydrogen-bond acceptors (Lipinski definition) is 3. The number of nitrogens with two attached hydrogens (primary N) is 1. The number of nitrogens with one attached hydrogen (secondary N) is 1. The van der Waals surface area contributed by atoms with E-state index in [1.165, 1.54) is 12.1 Å². The molecule has 5 nitrogen and oxygen atoms in total. The number of hydrogen-bond donors (Lipinski definition) is 3. The van der Waals surface area contributed by atoms with Crippen LogP contribution in [0.3, 0.4) is 0 Å². The van der Waals surface area contributed by atoms with E-state index < -0.39 is 17.7 Å².